The summed E-state index contributed by atoms with van der Waals surface area (Å²) in [5, 5.41) is 6.53. The summed E-state index contributed by atoms with van der Waals surface area (Å²) >= 11 is 6.12. The summed E-state index contributed by atoms with van der Waals surface area (Å²) in [6, 6.07) is 13.6. The lowest BCUT2D eigenvalue weighted by Crippen LogP contribution is -2.39. The molecule has 1 aromatic heterocycles. The first kappa shape index (κ1) is 25.0. The number of carbonyl (C=O) groups is 2. The number of carbonyl (C=O) groups excluding carboxylic acids is 2. The van der Waals surface area contributed by atoms with Crippen molar-refractivity contribution in [1.82, 2.24) is 15.6 Å². The van der Waals surface area contributed by atoms with Gasteiger partial charge in [0.25, 0.3) is 0 Å². The smallest absolute Gasteiger partial charge is 0.407 e. The maximum absolute atomic E-state index is 13.1. The van der Waals surface area contributed by atoms with Gasteiger partial charge < -0.3 is 15.4 Å². The molecule has 0 bridgehead atoms. The normalized spacial score (nSPS) is 19.4. The molecule has 7 heteroatoms. The van der Waals surface area contributed by atoms with Crippen molar-refractivity contribution in [3.63, 3.8) is 0 Å². The van der Waals surface area contributed by atoms with Crippen molar-refractivity contribution in [3.8, 4) is 0 Å². The van der Waals surface area contributed by atoms with E-state index in [2.05, 4.69) is 27.8 Å². The number of benzene rings is 1. The monoisotopic (exact) mass is 471 g/mol. The lowest BCUT2D eigenvalue weighted by atomic mass is 9.81. The predicted octanol–water partition coefficient (Wildman–Crippen LogP) is 5.47. The average molecular weight is 472 g/mol. The molecule has 0 radical (unpaired) electrons. The number of pyridine rings is 1. The van der Waals surface area contributed by atoms with Crippen LogP contribution in [0.4, 0.5) is 4.79 Å². The van der Waals surface area contributed by atoms with Gasteiger partial charge in [-0.1, -0.05) is 41.9 Å². The Morgan fingerprint density at radius 2 is 1.82 bits per heavy atom. The summed E-state index contributed by atoms with van der Waals surface area (Å²) < 4.78 is 5.30. The highest BCUT2D eigenvalue weighted by Crippen LogP contribution is 2.30. The van der Waals surface area contributed by atoms with Gasteiger partial charge in [0.1, 0.15) is 10.8 Å². The van der Waals surface area contributed by atoms with E-state index in [1.165, 1.54) is 0 Å². The Morgan fingerprint density at radius 3 is 2.45 bits per heavy atom. The van der Waals surface area contributed by atoms with Crippen LogP contribution in [0.2, 0.25) is 5.15 Å². The molecule has 0 saturated heterocycles. The first-order chi connectivity index (χ1) is 15.7. The SMILES string of the molecule is CC(C)(C)OC(=O)NCC1CCC(C(=O)NC(Cc2ccccc2)c2ccnc(Cl)c2)CC1. The summed E-state index contributed by atoms with van der Waals surface area (Å²) in [6.45, 7) is 6.12. The van der Waals surface area contributed by atoms with E-state index in [1.807, 2.05) is 51.1 Å². The fourth-order valence-corrected chi connectivity index (χ4v) is 4.38. The van der Waals surface area contributed by atoms with Gasteiger partial charge in [-0.3, -0.25) is 4.79 Å². The van der Waals surface area contributed by atoms with Crippen LogP contribution >= 0.6 is 11.6 Å². The highest BCUT2D eigenvalue weighted by molar-refractivity contribution is 6.29. The van der Waals surface area contributed by atoms with E-state index < -0.39 is 5.60 Å². The van der Waals surface area contributed by atoms with E-state index in [-0.39, 0.29) is 24.0 Å². The molecule has 1 aliphatic carbocycles. The Balaban J connectivity index is 1.54. The number of ether oxygens (including phenoxy) is 1. The van der Waals surface area contributed by atoms with E-state index in [0.29, 0.717) is 24.0 Å². The molecule has 1 saturated carbocycles. The topological polar surface area (TPSA) is 80.3 Å². The van der Waals surface area contributed by atoms with Gasteiger partial charge >= 0.3 is 6.09 Å². The zero-order chi connectivity index (χ0) is 23.8. The summed E-state index contributed by atoms with van der Waals surface area (Å²) in [6.07, 6.45) is 5.38. The zero-order valence-corrected chi connectivity index (χ0v) is 20.4. The van der Waals surface area contributed by atoms with E-state index in [9.17, 15) is 9.59 Å². The number of hydrogen-bond acceptors (Lipinski definition) is 4. The van der Waals surface area contributed by atoms with Crippen molar-refractivity contribution in [2.24, 2.45) is 11.8 Å². The third-order valence-corrected chi connectivity index (χ3v) is 6.11. The number of rotatable bonds is 7. The molecule has 1 atom stereocenters. The lowest BCUT2D eigenvalue weighted by Gasteiger charge is -2.30. The Hall–Kier alpha value is -2.60. The van der Waals surface area contributed by atoms with Gasteiger partial charge in [-0.25, -0.2) is 9.78 Å². The molecular weight excluding hydrogens is 438 g/mol. The second-order valence-corrected chi connectivity index (χ2v) is 10.2. The van der Waals surface area contributed by atoms with Gasteiger partial charge in [-0.2, -0.15) is 0 Å². The molecule has 1 unspecified atom stereocenters. The molecule has 2 aromatic rings. The van der Waals surface area contributed by atoms with Crippen LogP contribution in [0, 0.1) is 11.8 Å². The predicted molar refractivity (Wildman–Crippen MR) is 130 cm³/mol. The molecule has 3 rings (SSSR count). The lowest BCUT2D eigenvalue weighted by molar-refractivity contribution is -0.127. The molecule has 178 valence electrons. The fraction of sp³-hybridized carbons (Fsp3) is 0.500. The molecule has 6 nitrogen and oxygen atoms in total. The maximum atomic E-state index is 13.1. The Kier molecular flexibility index (Phi) is 8.73. The second-order valence-electron chi connectivity index (χ2n) is 9.76. The van der Waals surface area contributed by atoms with Crippen LogP contribution < -0.4 is 10.6 Å². The summed E-state index contributed by atoms with van der Waals surface area (Å²) in [7, 11) is 0. The van der Waals surface area contributed by atoms with E-state index in [1.54, 1.807) is 6.20 Å². The van der Waals surface area contributed by atoms with Crippen molar-refractivity contribution >= 4 is 23.6 Å². The molecule has 1 fully saturated rings. The van der Waals surface area contributed by atoms with Gasteiger partial charge in [0.15, 0.2) is 0 Å². The number of halogens is 1. The number of amides is 2. The van der Waals surface area contributed by atoms with Crippen molar-refractivity contribution in [2.75, 3.05) is 6.54 Å². The number of aromatic nitrogens is 1. The molecule has 33 heavy (non-hydrogen) atoms. The number of alkyl carbamates (subject to hydrolysis) is 1. The van der Waals surface area contributed by atoms with Crippen LogP contribution in [0.15, 0.2) is 48.7 Å². The fourth-order valence-electron chi connectivity index (χ4n) is 4.20. The summed E-state index contributed by atoms with van der Waals surface area (Å²) in [5.74, 6) is 0.404. The minimum Gasteiger partial charge on any atom is -0.444 e. The van der Waals surface area contributed by atoms with E-state index in [0.717, 1.165) is 36.8 Å². The van der Waals surface area contributed by atoms with Crippen LogP contribution in [0.3, 0.4) is 0 Å². The van der Waals surface area contributed by atoms with Crippen LogP contribution in [0.25, 0.3) is 0 Å². The van der Waals surface area contributed by atoms with Gasteiger partial charge in [0.2, 0.25) is 5.91 Å². The minimum absolute atomic E-state index is 0.0293. The van der Waals surface area contributed by atoms with E-state index in [4.69, 9.17) is 16.3 Å². The van der Waals surface area contributed by atoms with Crippen molar-refractivity contribution in [2.45, 2.75) is 64.5 Å². The number of nitrogens with one attached hydrogen (secondary N) is 2. The highest BCUT2D eigenvalue weighted by Gasteiger charge is 2.28. The third kappa shape index (κ3) is 8.35. The van der Waals surface area contributed by atoms with Crippen LogP contribution in [-0.2, 0) is 16.0 Å². The van der Waals surface area contributed by atoms with Crippen LogP contribution in [0.5, 0.6) is 0 Å². The molecule has 1 aromatic carbocycles. The Morgan fingerprint density at radius 1 is 1.12 bits per heavy atom. The summed E-state index contributed by atoms with van der Waals surface area (Å²) in [4.78, 5) is 29.1. The highest BCUT2D eigenvalue weighted by atomic mass is 35.5. The first-order valence-corrected chi connectivity index (χ1v) is 12.0. The van der Waals surface area contributed by atoms with Gasteiger partial charge in [0.05, 0.1) is 6.04 Å². The molecule has 0 aliphatic heterocycles. The Bertz CT molecular complexity index is 922. The first-order valence-electron chi connectivity index (χ1n) is 11.6. The molecule has 2 amide bonds. The van der Waals surface area contributed by atoms with E-state index >= 15 is 0 Å². The second kappa shape index (κ2) is 11.5. The third-order valence-electron chi connectivity index (χ3n) is 5.90. The van der Waals surface area contributed by atoms with Gasteiger partial charge in [0, 0.05) is 18.7 Å². The molecule has 1 heterocycles. The number of nitrogens with zero attached hydrogens (tertiary/aromatic N) is 1. The van der Waals surface area contributed by atoms with Crippen LogP contribution in [-0.4, -0.2) is 29.1 Å². The molecule has 2 N–H and O–H groups in total. The number of hydrogen-bond donors (Lipinski definition) is 2. The quantitative estimate of drug-likeness (QED) is 0.525. The average Bonchev–Trinajstić information content (AvgIpc) is 2.77. The largest absolute Gasteiger partial charge is 0.444 e. The maximum Gasteiger partial charge on any atom is 0.407 e. The molecule has 0 spiro atoms. The van der Waals surface area contributed by atoms with Gasteiger partial charge in [-0.05, 0) is 82.1 Å². The Labute approximate surface area is 201 Å². The van der Waals surface area contributed by atoms with Crippen LogP contribution in [0.1, 0.15) is 63.6 Å². The molecule has 1 aliphatic rings. The van der Waals surface area contributed by atoms with Crippen molar-refractivity contribution in [3.05, 3.63) is 64.9 Å². The van der Waals surface area contributed by atoms with Gasteiger partial charge in [-0.15, -0.1) is 0 Å². The summed E-state index contributed by atoms with van der Waals surface area (Å²) in [5.41, 5.74) is 1.59. The standard InChI is InChI=1S/C26H34ClN3O3/c1-26(2,3)33-25(32)29-17-19-9-11-20(12-10-19)24(31)30-22(15-18-7-5-4-6-8-18)21-13-14-28-23(27)16-21/h4-8,13-14,16,19-20,22H,9-12,15,17H2,1-3H3,(H,29,32)(H,30,31). The zero-order valence-electron chi connectivity index (χ0n) is 19.6. The van der Waals surface area contributed by atoms with Crippen molar-refractivity contribution in [1.29, 1.82) is 0 Å². The minimum atomic E-state index is -0.505. The molecular formula is C26H34ClN3O3. The van der Waals surface area contributed by atoms with Crippen molar-refractivity contribution < 1.29 is 14.3 Å².